The summed E-state index contributed by atoms with van der Waals surface area (Å²) in [5.41, 5.74) is 0.592. The van der Waals surface area contributed by atoms with Gasteiger partial charge >= 0.3 is 0 Å². The summed E-state index contributed by atoms with van der Waals surface area (Å²) >= 11 is 0. The highest BCUT2D eigenvalue weighted by molar-refractivity contribution is 5.96. The van der Waals surface area contributed by atoms with Gasteiger partial charge in [-0.15, -0.1) is 0 Å². The average Bonchev–Trinajstić information content (AvgIpc) is 3.20. The van der Waals surface area contributed by atoms with Crippen LogP contribution in [0.1, 0.15) is 19.3 Å². The predicted molar refractivity (Wildman–Crippen MR) is 74.0 cm³/mol. The van der Waals surface area contributed by atoms with E-state index in [1.54, 1.807) is 18.2 Å². The van der Waals surface area contributed by atoms with Crippen LogP contribution in [0.4, 0.5) is 5.69 Å². The Balaban J connectivity index is 1.53. The first-order valence-electron chi connectivity index (χ1n) is 7.55. The number of aliphatic carboxylic acids is 1. The molecule has 2 saturated carbocycles. The SMILES string of the molecule is O=C([O-])[C@H]1[C@H]2CC[C@H](C2)[C@@H]1C(=O)Nc1ccc2c(c1)OCO2. The lowest BCUT2D eigenvalue weighted by atomic mass is 9.78. The fourth-order valence-corrected chi connectivity index (χ4v) is 4.21. The Bertz CT molecular complexity index is 643. The summed E-state index contributed by atoms with van der Waals surface area (Å²) in [5.74, 6) is -1.02. The van der Waals surface area contributed by atoms with Crippen molar-refractivity contribution in [3.63, 3.8) is 0 Å². The molecular weight excluding hydrogens is 286 g/mol. The monoisotopic (exact) mass is 302 g/mol. The first-order chi connectivity index (χ1) is 10.6. The number of carboxylic acids is 1. The normalized spacial score (nSPS) is 31.3. The third kappa shape index (κ3) is 2.01. The Morgan fingerprint density at radius 3 is 2.59 bits per heavy atom. The molecule has 0 aromatic heterocycles. The molecule has 1 amide bonds. The van der Waals surface area contributed by atoms with E-state index in [4.69, 9.17) is 9.47 Å². The first kappa shape index (κ1) is 13.4. The summed E-state index contributed by atoms with van der Waals surface area (Å²) < 4.78 is 10.5. The smallest absolute Gasteiger partial charge is 0.231 e. The third-order valence-corrected chi connectivity index (χ3v) is 5.13. The minimum Gasteiger partial charge on any atom is -0.550 e. The van der Waals surface area contributed by atoms with E-state index >= 15 is 0 Å². The lowest BCUT2D eigenvalue weighted by molar-refractivity contribution is -0.314. The van der Waals surface area contributed by atoms with Gasteiger partial charge < -0.3 is 24.7 Å². The van der Waals surface area contributed by atoms with Crippen molar-refractivity contribution >= 4 is 17.6 Å². The molecule has 116 valence electrons. The van der Waals surface area contributed by atoms with Gasteiger partial charge in [0.25, 0.3) is 0 Å². The number of fused-ring (bicyclic) bond motifs is 3. The maximum atomic E-state index is 12.5. The van der Waals surface area contributed by atoms with Gasteiger partial charge in [-0.25, -0.2) is 0 Å². The molecule has 1 heterocycles. The summed E-state index contributed by atoms with van der Waals surface area (Å²) in [6.07, 6.45) is 2.63. The van der Waals surface area contributed by atoms with Crippen molar-refractivity contribution in [3.8, 4) is 11.5 Å². The minimum absolute atomic E-state index is 0.0857. The molecule has 2 fully saturated rings. The highest BCUT2D eigenvalue weighted by atomic mass is 16.7. The van der Waals surface area contributed by atoms with Crippen molar-refractivity contribution in [1.29, 1.82) is 0 Å². The van der Waals surface area contributed by atoms with Gasteiger partial charge in [0.15, 0.2) is 11.5 Å². The number of benzene rings is 1. The molecule has 0 unspecified atom stereocenters. The highest BCUT2D eigenvalue weighted by Gasteiger charge is 2.51. The molecule has 2 bridgehead atoms. The number of ether oxygens (including phenoxy) is 2. The van der Waals surface area contributed by atoms with Crippen molar-refractivity contribution in [2.45, 2.75) is 19.3 Å². The van der Waals surface area contributed by atoms with Crippen molar-refractivity contribution in [2.24, 2.45) is 23.7 Å². The van der Waals surface area contributed by atoms with Crippen molar-refractivity contribution in [1.82, 2.24) is 0 Å². The van der Waals surface area contributed by atoms with Gasteiger partial charge in [-0.1, -0.05) is 0 Å². The molecule has 6 heteroatoms. The number of amides is 1. The molecule has 4 atom stereocenters. The van der Waals surface area contributed by atoms with Crippen LogP contribution in [0.5, 0.6) is 11.5 Å². The minimum atomic E-state index is -1.10. The van der Waals surface area contributed by atoms with Gasteiger partial charge in [0.1, 0.15) is 0 Å². The molecule has 0 saturated heterocycles. The second kappa shape index (κ2) is 4.90. The number of carboxylic acid groups (broad SMARTS) is 1. The number of hydrogen-bond acceptors (Lipinski definition) is 5. The quantitative estimate of drug-likeness (QED) is 0.891. The summed E-state index contributed by atoms with van der Waals surface area (Å²) in [7, 11) is 0. The van der Waals surface area contributed by atoms with E-state index in [1.165, 1.54) is 0 Å². The number of carbonyl (C=O) groups is 2. The first-order valence-corrected chi connectivity index (χ1v) is 7.55. The number of anilines is 1. The van der Waals surface area contributed by atoms with Crippen molar-refractivity contribution < 1.29 is 24.2 Å². The van der Waals surface area contributed by atoms with Gasteiger partial charge in [0.2, 0.25) is 12.7 Å². The van der Waals surface area contributed by atoms with E-state index in [2.05, 4.69) is 5.32 Å². The van der Waals surface area contributed by atoms with E-state index in [0.29, 0.717) is 17.2 Å². The van der Waals surface area contributed by atoms with Gasteiger partial charge in [0.05, 0.1) is 0 Å². The molecule has 0 radical (unpaired) electrons. The third-order valence-electron chi connectivity index (χ3n) is 5.13. The Morgan fingerprint density at radius 1 is 1.09 bits per heavy atom. The molecule has 6 nitrogen and oxygen atoms in total. The van der Waals surface area contributed by atoms with E-state index in [0.717, 1.165) is 19.3 Å². The number of rotatable bonds is 3. The van der Waals surface area contributed by atoms with E-state index in [9.17, 15) is 14.7 Å². The zero-order valence-corrected chi connectivity index (χ0v) is 11.9. The average molecular weight is 302 g/mol. The Labute approximate surface area is 127 Å². The zero-order chi connectivity index (χ0) is 15.3. The van der Waals surface area contributed by atoms with Gasteiger partial charge in [-0.3, -0.25) is 4.79 Å². The van der Waals surface area contributed by atoms with Crippen molar-refractivity contribution in [3.05, 3.63) is 18.2 Å². The zero-order valence-electron chi connectivity index (χ0n) is 11.9. The largest absolute Gasteiger partial charge is 0.550 e. The molecule has 1 aliphatic heterocycles. The molecule has 1 N–H and O–H groups in total. The molecule has 2 aliphatic carbocycles. The topological polar surface area (TPSA) is 87.7 Å². The summed E-state index contributed by atoms with van der Waals surface area (Å²) in [4.78, 5) is 23.9. The van der Waals surface area contributed by atoms with E-state index in [1.807, 2.05) is 0 Å². The second-order valence-corrected chi connectivity index (χ2v) is 6.26. The van der Waals surface area contributed by atoms with Crippen LogP contribution < -0.4 is 19.9 Å². The Hall–Kier alpha value is -2.24. The lowest BCUT2D eigenvalue weighted by Gasteiger charge is -2.30. The fourth-order valence-electron chi connectivity index (χ4n) is 4.21. The summed E-state index contributed by atoms with van der Waals surface area (Å²) in [6.45, 7) is 0.172. The van der Waals surface area contributed by atoms with Crippen LogP contribution in [-0.2, 0) is 9.59 Å². The maximum absolute atomic E-state index is 12.5. The lowest BCUT2D eigenvalue weighted by Crippen LogP contribution is -2.43. The van der Waals surface area contributed by atoms with Crippen LogP contribution in [0, 0.1) is 23.7 Å². The predicted octanol–water partition coefficient (Wildman–Crippen LogP) is 0.766. The van der Waals surface area contributed by atoms with E-state index in [-0.39, 0.29) is 24.5 Å². The van der Waals surface area contributed by atoms with Crippen LogP contribution in [0.15, 0.2) is 18.2 Å². The Morgan fingerprint density at radius 2 is 1.82 bits per heavy atom. The van der Waals surface area contributed by atoms with Crippen LogP contribution >= 0.6 is 0 Å². The maximum Gasteiger partial charge on any atom is 0.231 e. The summed E-state index contributed by atoms with van der Waals surface area (Å²) in [6, 6.07) is 5.16. The summed E-state index contributed by atoms with van der Waals surface area (Å²) in [5, 5.41) is 14.2. The number of carbonyl (C=O) groups excluding carboxylic acids is 2. The molecule has 22 heavy (non-hydrogen) atoms. The molecule has 1 aromatic carbocycles. The molecular formula is C16H16NO5-. The van der Waals surface area contributed by atoms with Gasteiger partial charge in [-0.05, 0) is 43.2 Å². The van der Waals surface area contributed by atoms with E-state index < -0.39 is 17.8 Å². The fraction of sp³-hybridized carbons (Fsp3) is 0.500. The standard InChI is InChI=1S/C16H17NO5/c18-15(13-8-1-2-9(5-8)14(13)16(19)20)17-10-3-4-11-12(6-10)22-7-21-11/h3-4,6,8-9,13-14H,1-2,5,7H2,(H,17,18)(H,19,20)/p-1/t8-,9+,13+,14+/m1/s1. The number of nitrogens with one attached hydrogen (secondary N) is 1. The van der Waals surface area contributed by atoms with Gasteiger partial charge in [0, 0.05) is 29.6 Å². The van der Waals surface area contributed by atoms with Crippen molar-refractivity contribution in [2.75, 3.05) is 12.1 Å². The molecule has 0 spiro atoms. The number of hydrogen-bond donors (Lipinski definition) is 1. The molecule has 1 aromatic rings. The second-order valence-electron chi connectivity index (χ2n) is 6.26. The molecule has 3 aliphatic rings. The van der Waals surface area contributed by atoms with Gasteiger partial charge in [-0.2, -0.15) is 0 Å². The van der Waals surface area contributed by atoms with Crippen LogP contribution in [0.25, 0.3) is 0 Å². The Kier molecular flexibility index (Phi) is 2.99. The highest BCUT2D eigenvalue weighted by Crippen LogP contribution is 2.52. The van der Waals surface area contributed by atoms with Crippen LogP contribution in [0.2, 0.25) is 0 Å². The molecule has 4 rings (SSSR count). The van der Waals surface area contributed by atoms with Crippen LogP contribution in [-0.4, -0.2) is 18.7 Å². The van der Waals surface area contributed by atoms with Crippen LogP contribution in [0.3, 0.4) is 0 Å².